The predicted octanol–water partition coefficient (Wildman–Crippen LogP) is -17.5. The van der Waals surface area contributed by atoms with E-state index in [4.69, 9.17) is 24.1 Å². The van der Waals surface area contributed by atoms with Crippen molar-refractivity contribution in [1.29, 1.82) is 0 Å². The molecule has 0 amide bonds. The first kappa shape index (κ1) is 45.4. The number of carbonyl (C=O) groups is 3. The van der Waals surface area contributed by atoms with E-state index >= 15 is 0 Å². The third-order valence-corrected chi connectivity index (χ3v) is 7.13. The molecule has 10 atom stereocenters. The Balaban J connectivity index is 0. The van der Waals surface area contributed by atoms with Gasteiger partial charge >= 0.3 is 88.7 Å². The van der Waals surface area contributed by atoms with E-state index in [1.54, 1.807) is 0 Å². The van der Waals surface area contributed by atoms with Gasteiger partial charge in [-0.25, -0.2) is 0 Å². The van der Waals surface area contributed by atoms with E-state index in [1.165, 1.54) is 0 Å². The number of rotatable bonds is 15. The Morgan fingerprint density at radius 2 is 1.29 bits per heavy atom. The van der Waals surface area contributed by atoms with E-state index in [0.29, 0.717) is 0 Å². The van der Waals surface area contributed by atoms with Gasteiger partial charge < -0.3 is 84.4 Å². The maximum atomic E-state index is 11.9. The number of ether oxygens (including phenoxy) is 4. The van der Waals surface area contributed by atoms with Crippen molar-refractivity contribution in [3.8, 4) is 0 Å². The first-order valence-electron chi connectivity index (χ1n) is 11.7. The Bertz CT molecular complexity index is 861. The van der Waals surface area contributed by atoms with Gasteiger partial charge in [0.25, 0.3) is 0 Å². The quantitative estimate of drug-likeness (QED) is 0.0636. The summed E-state index contributed by atoms with van der Waals surface area (Å²) in [5.41, 5.74) is 0. The number of aliphatic hydroxyl groups is 7. The molecule has 2 aliphatic rings. The topological polar surface area (TPSA) is 299 Å². The van der Waals surface area contributed by atoms with Crippen LogP contribution in [0.4, 0.5) is 0 Å². The number of hydrogen-bond donors (Lipinski definition) is 7. The Morgan fingerprint density at radius 3 is 1.71 bits per heavy atom. The van der Waals surface area contributed by atoms with Crippen LogP contribution in [0.25, 0.3) is 0 Å². The molecule has 0 saturated carbocycles. The number of carboxylic acids is 3. The van der Waals surface area contributed by atoms with Gasteiger partial charge in [0, 0.05) is 18.6 Å². The second-order valence-corrected chi connectivity index (χ2v) is 10.1. The molecule has 2 fully saturated rings. The second-order valence-electron chi connectivity index (χ2n) is 9.02. The van der Waals surface area contributed by atoms with Crippen LogP contribution < -0.4 is 104 Å². The maximum Gasteiger partial charge on any atom is 1.00 e. The van der Waals surface area contributed by atoms with Crippen molar-refractivity contribution in [1.82, 2.24) is 0 Å². The number of hydrogen-bond acceptors (Lipinski definition) is 18. The summed E-state index contributed by atoms with van der Waals surface area (Å²) in [7, 11) is 0. The van der Waals surface area contributed by atoms with E-state index < -0.39 is 104 Å². The zero-order valence-corrected chi connectivity index (χ0v) is 30.2. The summed E-state index contributed by atoms with van der Waals surface area (Å²) in [5.74, 6) is -11.0. The van der Waals surface area contributed by atoms with E-state index in [2.05, 4.69) is 0 Å². The summed E-state index contributed by atoms with van der Waals surface area (Å²) in [6.07, 6.45) is -16.9. The Morgan fingerprint density at radius 1 is 0.833 bits per heavy atom. The molecule has 42 heavy (non-hydrogen) atoms. The second kappa shape index (κ2) is 20.5. The Labute approximate surface area is 310 Å². The molecule has 0 bridgehead atoms. The van der Waals surface area contributed by atoms with Crippen molar-refractivity contribution < 1.29 is 173 Å². The monoisotopic (exact) mass is 656 g/mol. The van der Waals surface area contributed by atoms with Gasteiger partial charge in [-0.2, -0.15) is 11.8 Å². The summed E-state index contributed by atoms with van der Waals surface area (Å²) in [6, 6.07) is 0. The average Bonchev–Trinajstić information content (AvgIpc) is 2.87. The summed E-state index contributed by atoms with van der Waals surface area (Å²) in [5, 5.41) is 104. The van der Waals surface area contributed by atoms with Gasteiger partial charge in [0.15, 0.2) is 0 Å². The van der Waals surface area contributed by atoms with E-state index in [0.717, 1.165) is 11.8 Å². The molecule has 2 aliphatic heterocycles. The van der Waals surface area contributed by atoms with Gasteiger partial charge in [-0.05, 0) is 12.2 Å². The van der Waals surface area contributed by atoms with Gasteiger partial charge in [0.2, 0.25) is 11.6 Å². The van der Waals surface area contributed by atoms with Crippen LogP contribution in [-0.4, -0.2) is 145 Å². The first-order valence-corrected chi connectivity index (χ1v) is 12.9. The van der Waals surface area contributed by atoms with E-state index in [9.17, 15) is 60.3 Å². The molecule has 21 heteroatoms. The molecule has 7 N–H and O–H groups in total. The van der Waals surface area contributed by atoms with Crippen LogP contribution in [0.5, 0.6) is 0 Å². The number of aliphatic carboxylic acids is 3. The number of carbonyl (C=O) groups excluding carboxylic acids is 3. The van der Waals surface area contributed by atoms with Crippen molar-refractivity contribution in [2.24, 2.45) is 0 Å². The van der Waals surface area contributed by atoms with Crippen molar-refractivity contribution in [3.63, 3.8) is 0 Å². The summed E-state index contributed by atoms with van der Waals surface area (Å²) in [4.78, 5) is 34.2. The molecule has 226 valence electrons. The van der Waals surface area contributed by atoms with Crippen LogP contribution in [0.15, 0.2) is 0 Å². The molecule has 2 heterocycles. The number of aliphatic hydroxyl groups excluding tert-OH is 7. The van der Waals surface area contributed by atoms with Crippen LogP contribution in [0.1, 0.15) is 19.3 Å². The van der Waals surface area contributed by atoms with Gasteiger partial charge in [0.05, 0.1) is 38.0 Å². The summed E-state index contributed by atoms with van der Waals surface area (Å²) < 4.78 is 20.7. The summed E-state index contributed by atoms with van der Waals surface area (Å²) in [6.45, 7) is -2.43. The van der Waals surface area contributed by atoms with Crippen LogP contribution in [0, 0.1) is 0 Å². The smallest absolute Gasteiger partial charge is 0.549 e. The molecule has 0 radical (unpaired) electrons. The van der Waals surface area contributed by atoms with E-state index in [-0.39, 0.29) is 113 Å². The zero-order chi connectivity index (χ0) is 29.5. The van der Waals surface area contributed by atoms with Crippen LogP contribution in [0.3, 0.4) is 0 Å². The van der Waals surface area contributed by atoms with Gasteiger partial charge in [-0.1, -0.05) is 0 Å². The fourth-order valence-corrected chi connectivity index (χ4v) is 4.69. The van der Waals surface area contributed by atoms with E-state index in [1.807, 2.05) is 0 Å². The Hall–Kier alpha value is 1.32. The molecule has 2 saturated heterocycles. The normalized spacial score (nSPS) is 34.1. The molecule has 0 aromatic rings. The van der Waals surface area contributed by atoms with Crippen LogP contribution >= 0.6 is 11.8 Å². The van der Waals surface area contributed by atoms with Gasteiger partial charge in [-0.15, -0.1) is 0 Å². The van der Waals surface area contributed by atoms with Crippen LogP contribution in [0.2, 0.25) is 0 Å². The standard InChI is InChI=1S/C21H34O17S.3Na/c22-6-11(25)16-14(29)10(24)5-21(37-16,19(33)34)36-7-12(26)17-15(30)9(23)4-20(38-17,18(31)32)35-2-1-3-39-8-13(27)28;;;/h9-12,14-17,22-26,29-30H,1-8H2,(H,27,28)(H,31,32)(H,33,34);;;/q;3*+1/p-3/t9-,10-,11-,12-,14-,15-,16-,17-,20-,21-;;;/m1.../s1. The minimum Gasteiger partial charge on any atom is -0.549 e. The van der Waals surface area contributed by atoms with Crippen molar-refractivity contribution in [2.75, 3.05) is 31.3 Å². The molecule has 0 unspecified atom stereocenters. The van der Waals surface area contributed by atoms with Gasteiger partial charge in [-0.3, -0.25) is 0 Å². The van der Waals surface area contributed by atoms with Crippen molar-refractivity contribution in [3.05, 3.63) is 0 Å². The van der Waals surface area contributed by atoms with Crippen molar-refractivity contribution >= 4 is 29.7 Å². The molecule has 0 aromatic carbocycles. The fourth-order valence-electron chi connectivity index (χ4n) is 4.06. The minimum absolute atomic E-state index is 0. The molecule has 0 aromatic heterocycles. The van der Waals surface area contributed by atoms with Crippen molar-refractivity contribution in [2.45, 2.75) is 79.7 Å². The largest absolute Gasteiger partial charge is 1.00 e. The van der Waals surface area contributed by atoms with Crippen LogP contribution in [-0.2, 0) is 33.3 Å². The molecular weight excluding hydrogens is 625 g/mol. The first-order chi connectivity index (χ1) is 18.2. The predicted molar refractivity (Wildman–Crippen MR) is 116 cm³/mol. The molecule has 0 spiro atoms. The number of carboxylic acid groups (broad SMARTS) is 3. The third kappa shape index (κ3) is 11.8. The third-order valence-electron chi connectivity index (χ3n) is 6.11. The number of thioether (sulfide) groups is 1. The molecule has 0 aliphatic carbocycles. The molecule has 2 rings (SSSR count). The maximum absolute atomic E-state index is 11.9. The molecule has 17 nitrogen and oxygen atoms in total. The Kier molecular flexibility index (Phi) is 22.2. The van der Waals surface area contributed by atoms with Gasteiger partial charge in [0.1, 0.15) is 48.6 Å². The summed E-state index contributed by atoms with van der Waals surface area (Å²) >= 11 is 0.967. The fraction of sp³-hybridized carbons (Fsp3) is 0.857. The minimum atomic E-state index is -2.89. The zero-order valence-electron chi connectivity index (χ0n) is 23.4. The SMILES string of the molecule is O=C([O-])CSCCCO[C@]1(C(=O)[O-])C[C@@H](O)[C@@H](O)[C@@H]([C@H](O)CO[C@]2(C(=O)[O-])C[C@@H](O)[C@@H](O)[C@@H]([C@H](O)CO)O2)O1.[Na+].[Na+].[Na+]. The molecular formula is C21H31Na3O17S. The average molecular weight is 656 g/mol.